The Hall–Kier alpha value is -2.00. The molecule has 0 amide bonds. The highest BCUT2D eigenvalue weighted by Gasteiger charge is 2.28. The van der Waals surface area contributed by atoms with Crippen molar-refractivity contribution in [1.82, 2.24) is 0 Å². The Bertz CT molecular complexity index is 594. The highest BCUT2D eigenvalue weighted by atomic mass is 16.6. The van der Waals surface area contributed by atoms with Crippen LogP contribution in [0, 0.1) is 0 Å². The van der Waals surface area contributed by atoms with E-state index in [4.69, 9.17) is 9.47 Å². The maximum Gasteiger partial charge on any atom is 0.163 e. The fourth-order valence-electron chi connectivity index (χ4n) is 2.40. The molecule has 0 spiro atoms. The predicted octanol–water partition coefficient (Wildman–Crippen LogP) is 3.12. The SMILES string of the molecule is CCc1cccc(C(O)C2COc3ccccc3O2)c1. The highest BCUT2D eigenvalue weighted by Crippen LogP contribution is 2.34. The molecule has 3 heteroatoms. The van der Waals surface area contributed by atoms with Crippen molar-refractivity contribution < 1.29 is 14.6 Å². The maximum absolute atomic E-state index is 10.5. The predicted molar refractivity (Wildman–Crippen MR) is 77.1 cm³/mol. The van der Waals surface area contributed by atoms with Gasteiger partial charge in [-0.1, -0.05) is 43.3 Å². The van der Waals surface area contributed by atoms with Crippen LogP contribution in [-0.2, 0) is 6.42 Å². The fraction of sp³-hybridized carbons (Fsp3) is 0.294. The van der Waals surface area contributed by atoms with E-state index in [0.29, 0.717) is 12.4 Å². The van der Waals surface area contributed by atoms with Gasteiger partial charge in [-0.05, 0) is 29.7 Å². The van der Waals surface area contributed by atoms with Gasteiger partial charge in [0, 0.05) is 0 Å². The monoisotopic (exact) mass is 270 g/mol. The smallest absolute Gasteiger partial charge is 0.163 e. The molecule has 0 bridgehead atoms. The lowest BCUT2D eigenvalue weighted by Gasteiger charge is -2.30. The Labute approximate surface area is 118 Å². The molecule has 2 unspecified atom stereocenters. The van der Waals surface area contributed by atoms with Crippen molar-refractivity contribution in [2.24, 2.45) is 0 Å². The maximum atomic E-state index is 10.5. The first kappa shape index (κ1) is 13.0. The summed E-state index contributed by atoms with van der Waals surface area (Å²) in [6.45, 7) is 2.45. The second-order valence-corrected chi connectivity index (χ2v) is 4.96. The fourth-order valence-corrected chi connectivity index (χ4v) is 2.40. The first-order chi connectivity index (χ1) is 9.78. The summed E-state index contributed by atoms with van der Waals surface area (Å²) in [6, 6.07) is 15.5. The van der Waals surface area contributed by atoms with Crippen molar-refractivity contribution in [3.05, 3.63) is 59.7 Å². The Balaban J connectivity index is 1.80. The Morgan fingerprint density at radius 2 is 1.95 bits per heavy atom. The molecule has 2 aromatic carbocycles. The van der Waals surface area contributed by atoms with Crippen LogP contribution < -0.4 is 9.47 Å². The van der Waals surface area contributed by atoms with Gasteiger partial charge in [0.05, 0.1) is 0 Å². The van der Waals surface area contributed by atoms with Crippen molar-refractivity contribution in [2.75, 3.05) is 6.61 Å². The minimum Gasteiger partial charge on any atom is -0.486 e. The standard InChI is InChI=1S/C17H18O3/c1-2-12-6-5-7-13(10-12)17(18)16-11-19-14-8-3-4-9-15(14)20-16/h3-10,16-18H,2,11H2,1H3. The zero-order valence-electron chi connectivity index (χ0n) is 11.5. The summed E-state index contributed by atoms with van der Waals surface area (Å²) >= 11 is 0. The molecule has 3 nitrogen and oxygen atoms in total. The highest BCUT2D eigenvalue weighted by molar-refractivity contribution is 5.41. The molecule has 20 heavy (non-hydrogen) atoms. The van der Waals surface area contributed by atoms with E-state index in [0.717, 1.165) is 17.7 Å². The van der Waals surface area contributed by atoms with Gasteiger partial charge in [-0.3, -0.25) is 0 Å². The number of ether oxygens (including phenoxy) is 2. The number of fused-ring (bicyclic) bond motifs is 1. The molecule has 0 fully saturated rings. The summed E-state index contributed by atoms with van der Waals surface area (Å²) < 4.78 is 11.5. The molecule has 0 saturated carbocycles. The molecular weight excluding hydrogens is 252 g/mol. The van der Waals surface area contributed by atoms with Gasteiger partial charge in [0.25, 0.3) is 0 Å². The molecule has 0 radical (unpaired) electrons. The van der Waals surface area contributed by atoms with E-state index in [9.17, 15) is 5.11 Å². The van der Waals surface area contributed by atoms with E-state index >= 15 is 0 Å². The first-order valence-corrected chi connectivity index (χ1v) is 6.93. The normalized spacial score (nSPS) is 18.6. The number of hydrogen-bond acceptors (Lipinski definition) is 3. The van der Waals surface area contributed by atoms with Crippen molar-refractivity contribution in [2.45, 2.75) is 25.6 Å². The van der Waals surface area contributed by atoms with E-state index in [2.05, 4.69) is 13.0 Å². The van der Waals surface area contributed by atoms with Crippen molar-refractivity contribution in [3.8, 4) is 11.5 Å². The van der Waals surface area contributed by atoms with Gasteiger partial charge in [-0.15, -0.1) is 0 Å². The van der Waals surface area contributed by atoms with Crippen LogP contribution >= 0.6 is 0 Å². The van der Waals surface area contributed by atoms with Crippen LogP contribution in [0.2, 0.25) is 0 Å². The lowest BCUT2D eigenvalue weighted by atomic mass is 10.0. The Morgan fingerprint density at radius 3 is 2.75 bits per heavy atom. The van der Waals surface area contributed by atoms with Crippen molar-refractivity contribution in [1.29, 1.82) is 0 Å². The van der Waals surface area contributed by atoms with E-state index < -0.39 is 6.10 Å². The number of rotatable bonds is 3. The Kier molecular flexibility index (Phi) is 3.61. The molecule has 2 aromatic rings. The molecule has 1 N–H and O–H groups in total. The van der Waals surface area contributed by atoms with E-state index in [1.807, 2.05) is 42.5 Å². The number of para-hydroxylation sites is 2. The summed E-state index contributed by atoms with van der Waals surface area (Å²) in [4.78, 5) is 0. The van der Waals surface area contributed by atoms with Crippen molar-refractivity contribution >= 4 is 0 Å². The number of hydrogen-bond donors (Lipinski definition) is 1. The van der Waals surface area contributed by atoms with Gasteiger partial charge < -0.3 is 14.6 Å². The molecule has 2 atom stereocenters. The van der Waals surface area contributed by atoms with Crippen LogP contribution in [0.5, 0.6) is 11.5 Å². The van der Waals surface area contributed by atoms with E-state index in [1.54, 1.807) is 0 Å². The largest absolute Gasteiger partial charge is 0.486 e. The van der Waals surface area contributed by atoms with Gasteiger partial charge in [-0.2, -0.15) is 0 Å². The molecule has 104 valence electrons. The number of aliphatic hydroxyl groups is 1. The lowest BCUT2D eigenvalue weighted by Crippen LogP contribution is -2.34. The summed E-state index contributed by atoms with van der Waals surface area (Å²) in [5.74, 6) is 1.42. The van der Waals surface area contributed by atoms with E-state index in [1.165, 1.54) is 5.56 Å². The van der Waals surface area contributed by atoms with Crippen LogP contribution in [0.1, 0.15) is 24.2 Å². The van der Waals surface area contributed by atoms with Gasteiger partial charge in [0.15, 0.2) is 17.6 Å². The van der Waals surface area contributed by atoms with E-state index in [-0.39, 0.29) is 6.10 Å². The van der Waals surface area contributed by atoms with Crippen molar-refractivity contribution in [3.63, 3.8) is 0 Å². The summed E-state index contributed by atoms with van der Waals surface area (Å²) in [5, 5.41) is 10.5. The third kappa shape index (κ3) is 2.49. The zero-order chi connectivity index (χ0) is 13.9. The van der Waals surface area contributed by atoms with Crippen LogP contribution in [-0.4, -0.2) is 17.8 Å². The molecule has 0 saturated heterocycles. The zero-order valence-corrected chi connectivity index (χ0v) is 11.5. The number of aliphatic hydroxyl groups excluding tert-OH is 1. The molecule has 0 aliphatic carbocycles. The third-order valence-electron chi connectivity index (χ3n) is 3.58. The summed E-state index contributed by atoms with van der Waals surface area (Å²) in [6.07, 6.45) is -0.113. The van der Waals surface area contributed by atoms with Crippen LogP contribution in [0.15, 0.2) is 48.5 Å². The number of aryl methyl sites for hydroxylation is 1. The minimum absolute atomic E-state index is 0.356. The van der Waals surface area contributed by atoms with Crippen LogP contribution in [0.4, 0.5) is 0 Å². The van der Waals surface area contributed by atoms with Crippen LogP contribution in [0.3, 0.4) is 0 Å². The van der Waals surface area contributed by atoms with Crippen LogP contribution in [0.25, 0.3) is 0 Å². The topological polar surface area (TPSA) is 38.7 Å². The minimum atomic E-state index is -0.685. The number of benzene rings is 2. The molecule has 1 heterocycles. The molecule has 3 rings (SSSR count). The summed E-state index contributed by atoms with van der Waals surface area (Å²) in [7, 11) is 0. The molecule has 1 aliphatic rings. The third-order valence-corrected chi connectivity index (χ3v) is 3.58. The summed E-state index contributed by atoms with van der Waals surface area (Å²) in [5.41, 5.74) is 2.08. The lowest BCUT2D eigenvalue weighted by molar-refractivity contribution is -0.0113. The molecular formula is C17H18O3. The van der Waals surface area contributed by atoms with Gasteiger partial charge in [-0.25, -0.2) is 0 Å². The second kappa shape index (κ2) is 5.55. The van der Waals surface area contributed by atoms with Gasteiger partial charge in [0.2, 0.25) is 0 Å². The molecule has 1 aliphatic heterocycles. The van der Waals surface area contributed by atoms with Gasteiger partial charge >= 0.3 is 0 Å². The molecule has 0 aromatic heterocycles. The van der Waals surface area contributed by atoms with Gasteiger partial charge in [0.1, 0.15) is 12.7 Å². The Morgan fingerprint density at radius 1 is 1.15 bits per heavy atom. The average molecular weight is 270 g/mol. The second-order valence-electron chi connectivity index (χ2n) is 4.96. The average Bonchev–Trinajstić information content (AvgIpc) is 2.53. The quantitative estimate of drug-likeness (QED) is 0.931. The first-order valence-electron chi connectivity index (χ1n) is 6.93.